The van der Waals surface area contributed by atoms with Crippen molar-refractivity contribution in [1.29, 1.82) is 0 Å². The molecule has 106 valence electrons. The van der Waals surface area contributed by atoms with E-state index in [4.69, 9.17) is 11.6 Å². The lowest BCUT2D eigenvalue weighted by Gasteiger charge is -2.21. The summed E-state index contributed by atoms with van der Waals surface area (Å²) in [5, 5.41) is 1.91. The highest BCUT2D eigenvalue weighted by molar-refractivity contribution is 7.90. The first kappa shape index (κ1) is 15.7. The lowest BCUT2D eigenvalue weighted by molar-refractivity contribution is 0.179. The van der Waals surface area contributed by atoms with E-state index < -0.39 is 16.1 Å². The van der Waals surface area contributed by atoms with Gasteiger partial charge in [0.25, 0.3) is 10.0 Å². The van der Waals surface area contributed by atoms with Gasteiger partial charge in [0, 0.05) is 18.1 Å². The number of hydrazine groups is 1. The van der Waals surface area contributed by atoms with Crippen molar-refractivity contribution < 1.29 is 13.2 Å². The zero-order chi connectivity index (χ0) is 14.6. The summed E-state index contributed by atoms with van der Waals surface area (Å²) >= 11 is 5.67. The van der Waals surface area contributed by atoms with Crippen molar-refractivity contribution in [2.45, 2.75) is 24.8 Å². The van der Waals surface area contributed by atoms with Crippen molar-refractivity contribution in [2.24, 2.45) is 0 Å². The standard InChI is InChI=1S/C11H16ClN3O3S/c1-8(2)15(3)13-11(16)14-19(17,18)10-6-4-9(12)5-7-10/h4-8H,1-3H3,(H2,13,14,16). The Morgan fingerprint density at radius 1 is 1.26 bits per heavy atom. The van der Waals surface area contributed by atoms with Gasteiger partial charge in [0.05, 0.1) is 4.90 Å². The highest BCUT2D eigenvalue weighted by Gasteiger charge is 2.18. The highest BCUT2D eigenvalue weighted by atomic mass is 35.5. The first-order valence-electron chi connectivity index (χ1n) is 5.54. The molecule has 2 N–H and O–H groups in total. The van der Waals surface area contributed by atoms with Gasteiger partial charge in [0.2, 0.25) is 0 Å². The molecule has 0 saturated heterocycles. The number of benzene rings is 1. The summed E-state index contributed by atoms with van der Waals surface area (Å²) in [7, 11) is -2.26. The topological polar surface area (TPSA) is 78.5 Å². The number of amides is 2. The third kappa shape index (κ3) is 4.70. The van der Waals surface area contributed by atoms with Gasteiger partial charge >= 0.3 is 6.03 Å². The Hall–Kier alpha value is -1.31. The number of nitrogens with one attached hydrogen (secondary N) is 2. The Morgan fingerprint density at radius 2 is 1.79 bits per heavy atom. The maximum absolute atomic E-state index is 11.9. The van der Waals surface area contributed by atoms with Crippen LogP contribution in [0.4, 0.5) is 4.79 Å². The molecule has 0 fully saturated rings. The predicted octanol–water partition coefficient (Wildman–Crippen LogP) is 1.58. The van der Waals surface area contributed by atoms with Gasteiger partial charge in [0.15, 0.2) is 0 Å². The molecule has 0 spiro atoms. The lowest BCUT2D eigenvalue weighted by atomic mass is 10.4. The fraction of sp³-hybridized carbons (Fsp3) is 0.364. The molecule has 0 saturated carbocycles. The summed E-state index contributed by atoms with van der Waals surface area (Å²) in [4.78, 5) is 11.5. The van der Waals surface area contributed by atoms with E-state index in [0.29, 0.717) is 5.02 Å². The van der Waals surface area contributed by atoms with Gasteiger partial charge in [-0.1, -0.05) is 11.6 Å². The zero-order valence-electron chi connectivity index (χ0n) is 10.8. The van der Waals surface area contributed by atoms with E-state index in [1.54, 1.807) is 7.05 Å². The summed E-state index contributed by atoms with van der Waals surface area (Å²) in [5.41, 5.74) is 2.39. The van der Waals surface area contributed by atoms with Crippen LogP contribution in [0.15, 0.2) is 29.2 Å². The average Bonchev–Trinajstić information content (AvgIpc) is 2.28. The van der Waals surface area contributed by atoms with Crippen LogP contribution in [0.3, 0.4) is 0 Å². The van der Waals surface area contributed by atoms with E-state index in [1.807, 2.05) is 18.6 Å². The lowest BCUT2D eigenvalue weighted by Crippen LogP contribution is -2.49. The summed E-state index contributed by atoms with van der Waals surface area (Å²) < 4.78 is 25.7. The minimum absolute atomic E-state index is 0.0285. The molecular formula is C11H16ClN3O3S. The normalized spacial score (nSPS) is 11.7. The van der Waals surface area contributed by atoms with Gasteiger partial charge in [-0.3, -0.25) is 5.43 Å². The van der Waals surface area contributed by atoms with Crippen molar-refractivity contribution in [3.8, 4) is 0 Å². The largest absolute Gasteiger partial charge is 0.343 e. The number of rotatable bonds is 4. The van der Waals surface area contributed by atoms with Crippen molar-refractivity contribution in [2.75, 3.05) is 7.05 Å². The molecule has 0 aliphatic rings. The number of halogens is 1. The second kappa shape index (κ2) is 6.23. The number of hydrogen-bond donors (Lipinski definition) is 2. The van der Waals surface area contributed by atoms with E-state index in [0.717, 1.165) is 0 Å². The van der Waals surface area contributed by atoms with Crippen LogP contribution in [-0.2, 0) is 10.0 Å². The Kier molecular flexibility index (Phi) is 5.16. The van der Waals surface area contributed by atoms with Crippen LogP contribution in [0.5, 0.6) is 0 Å². The minimum atomic E-state index is -3.89. The van der Waals surface area contributed by atoms with E-state index in [9.17, 15) is 13.2 Å². The minimum Gasteiger partial charge on any atom is -0.270 e. The number of hydrogen-bond acceptors (Lipinski definition) is 4. The van der Waals surface area contributed by atoms with Crippen molar-refractivity contribution >= 4 is 27.7 Å². The molecular weight excluding hydrogens is 290 g/mol. The maximum atomic E-state index is 11.9. The second-order valence-corrected chi connectivity index (χ2v) is 6.32. The van der Waals surface area contributed by atoms with Crippen molar-refractivity contribution in [1.82, 2.24) is 15.2 Å². The smallest absolute Gasteiger partial charge is 0.270 e. The van der Waals surface area contributed by atoms with Crippen LogP contribution in [0.25, 0.3) is 0 Å². The Bertz CT molecular complexity index is 543. The molecule has 8 heteroatoms. The van der Waals surface area contributed by atoms with Crippen LogP contribution in [-0.4, -0.2) is 32.5 Å². The zero-order valence-corrected chi connectivity index (χ0v) is 12.4. The van der Waals surface area contributed by atoms with E-state index in [-0.39, 0.29) is 10.9 Å². The number of sulfonamides is 1. The van der Waals surface area contributed by atoms with Crippen LogP contribution < -0.4 is 10.1 Å². The molecule has 0 atom stereocenters. The maximum Gasteiger partial charge on any atom is 0.343 e. The number of carbonyl (C=O) groups is 1. The molecule has 2 amide bonds. The van der Waals surface area contributed by atoms with Crippen molar-refractivity contribution in [3.05, 3.63) is 29.3 Å². The molecule has 1 aromatic rings. The van der Waals surface area contributed by atoms with E-state index >= 15 is 0 Å². The predicted molar refractivity (Wildman–Crippen MR) is 73.2 cm³/mol. The second-order valence-electron chi connectivity index (χ2n) is 4.20. The van der Waals surface area contributed by atoms with E-state index in [1.165, 1.54) is 29.3 Å². The van der Waals surface area contributed by atoms with Gasteiger partial charge in [-0.2, -0.15) is 0 Å². The third-order valence-electron chi connectivity index (χ3n) is 2.40. The molecule has 0 aliphatic heterocycles. The molecule has 0 unspecified atom stereocenters. The Labute approximate surface area is 117 Å². The quantitative estimate of drug-likeness (QED) is 0.828. The molecule has 6 nitrogen and oxygen atoms in total. The van der Waals surface area contributed by atoms with Gasteiger partial charge in [-0.25, -0.2) is 22.9 Å². The van der Waals surface area contributed by atoms with Crippen LogP contribution in [0.2, 0.25) is 5.02 Å². The monoisotopic (exact) mass is 305 g/mol. The van der Waals surface area contributed by atoms with Gasteiger partial charge in [0.1, 0.15) is 0 Å². The molecule has 0 aliphatic carbocycles. The van der Waals surface area contributed by atoms with Crippen LogP contribution in [0.1, 0.15) is 13.8 Å². The fourth-order valence-corrected chi connectivity index (χ4v) is 2.13. The van der Waals surface area contributed by atoms with Crippen molar-refractivity contribution in [3.63, 3.8) is 0 Å². The molecule has 19 heavy (non-hydrogen) atoms. The Morgan fingerprint density at radius 3 is 2.26 bits per heavy atom. The van der Waals surface area contributed by atoms with Crippen LogP contribution in [0, 0.1) is 0 Å². The van der Waals surface area contributed by atoms with E-state index in [2.05, 4.69) is 5.43 Å². The van der Waals surface area contributed by atoms with Gasteiger partial charge < -0.3 is 0 Å². The number of nitrogens with zero attached hydrogens (tertiary/aromatic N) is 1. The summed E-state index contributed by atoms with van der Waals surface area (Å²) in [6.45, 7) is 3.71. The fourth-order valence-electron chi connectivity index (χ4n) is 1.11. The molecule has 0 bridgehead atoms. The number of urea groups is 1. The van der Waals surface area contributed by atoms with Gasteiger partial charge in [-0.05, 0) is 38.1 Å². The molecule has 0 radical (unpaired) electrons. The summed E-state index contributed by atoms with van der Waals surface area (Å²) in [6, 6.07) is 4.76. The average molecular weight is 306 g/mol. The Balaban J connectivity index is 2.75. The number of carbonyl (C=O) groups excluding carboxylic acids is 1. The molecule has 0 aromatic heterocycles. The third-order valence-corrected chi connectivity index (χ3v) is 4.00. The molecule has 0 heterocycles. The summed E-state index contributed by atoms with van der Waals surface area (Å²) in [5.74, 6) is 0. The first-order valence-corrected chi connectivity index (χ1v) is 7.40. The molecule has 1 rings (SSSR count). The highest BCUT2D eigenvalue weighted by Crippen LogP contribution is 2.13. The summed E-state index contributed by atoms with van der Waals surface area (Å²) in [6.07, 6.45) is 0. The first-order chi connectivity index (χ1) is 8.72. The van der Waals surface area contributed by atoms with Gasteiger partial charge in [-0.15, -0.1) is 0 Å². The molecule has 1 aromatic carbocycles. The van der Waals surface area contributed by atoms with Crippen LogP contribution >= 0.6 is 11.6 Å². The SMILES string of the molecule is CC(C)N(C)NC(=O)NS(=O)(=O)c1ccc(Cl)cc1.